The molecule has 2 heterocycles. The van der Waals surface area contributed by atoms with E-state index in [9.17, 15) is 17.2 Å². The summed E-state index contributed by atoms with van der Waals surface area (Å²) in [5.74, 6) is -0.417. The Hall–Kier alpha value is -2.06. The van der Waals surface area contributed by atoms with Gasteiger partial charge in [-0.25, -0.2) is 31.9 Å². The second kappa shape index (κ2) is 10.9. The fourth-order valence-electron chi connectivity index (χ4n) is 3.06. The molecule has 2 unspecified atom stereocenters. The molecule has 11 heteroatoms. The van der Waals surface area contributed by atoms with E-state index in [2.05, 4.69) is 28.9 Å². The largest absolute Gasteiger partial charge is 0.255 e. The van der Waals surface area contributed by atoms with Crippen LogP contribution < -0.4 is 4.72 Å². The van der Waals surface area contributed by atoms with Crippen LogP contribution in [0, 0.1) is 5.82 Å². The molecule has 0 radical (unpaired) electrons. The average Bonchev–Trinajstić information content (AvgIpc) is 2.77. The van der Waals surface area contributed by atoms with Crippen molar-refractivity contribution in [3.63, 3.8) is 0 Å². The number of aryl methyl sites for hydroxylation is 1. The van der Waals surface area contributed by atoms with E-state index in [1.54, 1.807) is 6.20 Å². The van der Waals surface area contributed by atoms with Gasteiger partial charge in [-0.15, -0.1) is 0 Å². The van der Waals surface area contributed by atoms with Crippen molar-refractivity contribution < 1.29 is 17.2 Å². The number of rotatable bonds is 10. The number of alkyl halides is 1. The molecule has 3 aromatic rings. The van der Waals surface area contributed by atoms with E-state index in [1.807, 2.05) is 6.07 Å². The highest BCUT2D eigenvalue weighted by Gasteiger charge is 2.22. The summed E-state index contributed by atoms with van der Waals surface area (Å²) in [6.45, 7) is 1.64. The van der Waals surface area contributed by atoms with Crippen molar-refractivity contribution in [1.29, 1.82) is 0 Å². The lowest BCUT2D eigenvalue weighted by Gasteiger charge is -2.12. The van der Waals surface area contributed by atoms with Gasteiger partial charge in [-0.3, -0.25) is 4.98 Å². The van der Waals surface area contributed by atoms with Crippen molar-refractivity contribution >= 4 is 30.9 Å². The van der Waals surface area contributed by atoms with E-state index in [-0.39, 0.29) is 17.3 Å². The van der Waals surface area contributed by atoms with Gasteiger partial charge in [0, 0.05) is 30.7 Å². The molecule has 0 amide bonds. The highest BCUT2D eigenvalue weighted by molar-refractivity contribution is 7.89. The van der Waals surface area contributed by atoms with E-state index in [0.29, 0.717) is 29.1 Å². The van der Waals surface area contributed by atoms with Gasteiger partial charge in [-0.1, -0.05) is 27.3 Å². The number of aromatic nitrogens is 3. The summed E-state index contributed by atoms with van der Waals surface area (Å²) in [7, 11) is -1.60. The number of hydrogen-bond donors (Lipinski definition) is 1. The summed E-state index contributed by atoms with van der Waals surface area (Å²) >= 11 is 6.28. The SMILES string of the molecule is CC(F)(P)c1ncc(-c2cc(CCCCCNS(=O)(=O)c3ccc(F)cc3)c(Cl)cn2)cn1. The number of unbranched alkanes of at least 4 members (excludes halogenated alkanes) is 2. The van der Waals surface area contributed by atoms with Gasteiger partial charge in [-0.2, -0.15) is 0 Å². The van der Waals surface area contributed by atoms with Gasteiger partial charge < -0.3 is 0 Å². The Morgan fingerprint density at radius 3 is 2.36 bits per heavy atom. The third-order valence-corrected chi connectivity index (χ3v) is 6.93. The van der Waals surface area contributed by atoms with Gasteiger partial charge in [0.15, 0.2) is 11.2 Å². The van der Waals surface area contributed by atoms with Crippen LogP contribution >= 0.6 is 20.8 Å². The molecule has 3 rings (SSSR count). The number of pyridine rings is 1. The summed E-state index contributed by atoms with van der Waals surface area (Å²) < 4.78 is 53.8. The predicted molar refractivity (Wildman–Crippen MR) is 128 cm³/mol. The number of nitrogens with zero attached hydrogens (tertiary/aromatic N) is 3. The number of hydrogen-bond acceptors (Lipinski definition) is 5. The van der Waals surface area contributed by atoms with Crippen LogP contribution in [0.15, 0.2) is 53.8 Å². The third kappa shape index (κ3) is 7.21. The zero-order valence-electron chi connectivity index (χ0n) is 17.9. The van der Waals surface area contributed by atoms with Crippen LogP contribution in [0.4, 0.5) is 8.78 Å². The van der Waals surface area contributed by atoms with Crippen molar-refractivity contribution in [2.45, 2.75) is 42.9 Å². The summed E-state index contributed by atoms with van der Waals surface area (Å²) in [5.41, 5.74) is 2.19. The van der Waals surface area contributed by atoms with E-state index >= 15 is 0 Å². The second-order valence-corrected chi connectivity index (χ2v) is 11.0. The van der Waals surface area contributed by atoms with Crippen LogP contribution in [0.25, 0.3) is 11.3 Å². The lowest BCUT2D eigenvalue weighted by Crippen LogP contribution is -2.24. The molecule has 2 atom stereocenters. The Kier molecular flexibility index (Phi) is 8.45. The van der Waals surface area contributed by atoms with E-state index in [4.69, 9.17) is 11.6 Å². The number of benzene rings is 1. The van der Waals surface area contributed by atoms with E-state index in [1.165, 1.54) is 31.5 Å². The van der Waals surface area contributed by atoms with E-state index in [0.717, 1.165) is 30.5 Å². The molecule has 0 bridgehead atoms. The van der Waals surface area contributed by atoms with E-state index < -0.39 is 21.3 Å². The smallest absolute Gasteiger partial charge is 0.240 e. The normalized spacial score (nSPS) is 13.6. The monoisotopic (exact) mass is 512 g/mol. The Morgan fingerprint density at radius 2 is 1.73 bits per heavy atom. The van der Waals surface area contributed by atoms with Gasteiger partial charge in [0.1, 0.15) is 5.82 Å². The molecule has 0 fully saturated rings. The second-order valence-electron chi connectivity index (χ2n) is 7.69. The molecule has 1 N–H and O–H groups in total. The minimum atomic E-state index is -3.65. The topological polar surface area (TPSA) is 84.8 Å². The molecule has 0 saturated carbocycles. The molecular weight excluding hydrogens is 489 g/mol. The van der Waals surface area contributed by atoms with Crippen molar-refractivity contribution in [3.05, 3.63) is 71.2 Å². The molecule has 33 heavy (non-hydrogen) atoms. The van der Waals surface area contributed by atoms with Gasteiger partial charge >= 0.3 is 0 Å². The maximum Gasteiger partial charge on any atom is 0.240 e. The molecule has 0 saturated heterocycles. The Bertz CT molecular complexity index is 1190. The first kappa shape index (κ1) is 25.6. The third-order valence-electron chi connectivity index (χ3n) is 4.86. The zero-order valence-corrected chi connectivity index (χ0v) is 20.7. The first-order valence-corrected chi connectivity index (χ1v) is 12.7. The minimum absolute atomic E-state index is 0.0332. The molecule has 2 aromatic heterocycles. The van der Waals surface area contributed by atoms with Crippen molar-refractivity contribution in [2.75, 3.05) is 6.54 Å². The Labute approximate surface area is 199 Å². The van der Waals surface area contributed by atoms with Crippen LogP contribution in [0.2, 0.25) is 5.02 Å². The maximum absolute atomic E-state index is 13.9. The maximum atomic E-state index is 13.9. The quantitative estimate of drug-likeness (QED) is 0.304. The van der Waals surface area contributed by atoms with Crippen LogP contribution in [0.5, 0.6) is 0 Å². The first-order valence-electron chi connectivity index (χ1n) is 10.3. The summed E-state index contributed by atoms with van der Waals surface area (Å²) in [4.78, 5) is 12.5. The van der Waals surface area contributed by atoms with Gasteiger partial charge in [0.05, 0.1) is 15.6 Å². The van der Waals surface area contributed by atoms with Crippen LogP contribution in [0.3, 0.4) is 0 Å². The van der Waals surface area contributed by atoms with Crippen molar-refractivity contribution in [1.82, 2.24) is 19.7 Å². The molecule has 0 aliphatic carbocycles. The Morgan fingerprint density at radius 1 is 1.06 bits per heavy atom. The highest BCUT2D eigenvalue weighted by atomic mass is 35.5. The summed E-state index contributed by atoms with van der Waals surface area (Å²) in [6.07, 6.45) is 7.51. The molecule has 1 aromatic carbocycles. The molecule has 0 aliphatic rings. The van der Waals surface area contributed by atoms with Crippen molar-refractivity contribution in [2.24, 2.45) is 0 Å². The first-order chi connectivity index (χ1) is 15.6. The van der Waals surface area contributed by atoms with Crippen LogP contribution in [-0.2, 0) is 21.9 Å². The lowest BCUT2D eigenvalue weighted by atomic mass is 10.1. The fraction of sp³-hybridized carbons (Fsp3) is 0.318. The van der Waals surface area contributed by atoms with Crippen LogP contribution in [0.1, 0.15) is 37.6 Å². The number of sulfonamides is 1. The standard InChI is InChI=1S/C22H24ClF2N4O2PS/c1-22(25,32)21-27-12-16(13-28-21)20-11-15(19(23)14-26-20)5-3-2-4-10-29-33(30,31)18-8-6-17(24)7-9-18/h6-9,11-14,29H,2-5,10,32H2,1H3. The average molecular weight is 513 g/mol. The fourth-order valence-corrected chi connectivity index (χ4v) is 4.48. The summed E-state index contributed by atoms with van der Waals surface area (Å²) in [5, 5.41) is -1.17. The lowest BCUT2D eigenvalue weighted by molar-refractivity contribution is 0.306. The molecular formula is C22H24ClF2N4O2PS. The molecule has 0 aliphatic heterocycles. The molecule has 6 nitrogen and oxygen atoms in total. The molecule has 176 valence electrons. The van der Waals surface area contributed by atoms with Gasteiger partial charge in [0.2, 0.25) is 10.0 Å². The van der Waals surface area contributed by atoms with Crippen molar-refractivity contribution in [3.8, 4) is 11.3 Å². The van der Waals surface area contributed by atoms with Crippen LogP contribution in [-0.4, -0.2) is 29.9 Å². The zero-order chi connectivity index (χ0) is 24.1. The summed E-state index contributed by atoms with van der Waals surface area (Å²) in [6, 6.07) is 6.55. The number of halogens is 3. The van der Waals surface area contributed by atoms with Gasteiger partial charge in [0.25, 0.3) is 0 Å². The predicted octanol–water partition coefficient (Wildman–Crippen LogP) is 5.04. The highest BCUT2D eigenvalue weighted by Crippen LogP contribution is 2.30. The Balaban J connectivity index is 1.51. The number of nitrogens with one attached hydrogen (secondary N) is 1. The van der Waals surface area contributed by atoms with Gasteiger partial charge in [-0.05, 0) is 62.1 Å². The molecule has 0 spiro atoms. The minimum Gasteiger partial charge on any atom is -0.255 e.